The number of hydrogen-bond donors (Lipinski definition) is 0. The van der Waals surface area contributed by atoms with Crippen LogP contribution in [0.4, 0.5) is 0 Å². The molecule has 1 aliphatic rings. The molecule has 0 aliphatic carbocycles. The molecule has 0 aromatic rings. The van der Waals surface area contributed by atoms with E-state index in [1.54, 1.807) is 0 Å². The summed E-state index contributed by atoms with van der Waals surface area (Å²) in [5.41, 5.74) is 0. The van der Waals surface area contributed by atoms with E-state index in [2.05, 4.69) is 18.9 Å². The second-order valence-corrected chi connectivity index (χ2v) is 2.75. The van der Waals surface area contributed by atoms with Crippen LogP contribution >= 0.6 is 0 Å². The zero-order chi connectivity index (χ0) is 5.98. The first kappa shape index (κ1) is 10.1. The SMILES string of the molecule is [CH2-]C1CCN(C)CC1.[Y]. The van der Waals surface area contributed by atoms with Gasteiger partial charge >= 0.3 is 0 Å². The fourth-order valence-electron chi connectivity index (χ4n) is 1.06. The van der Waals surface area contributed by atoms with Gasteiger partial charge in [-0.1, -0.05) is 12.8 Å². The van der Waals surface area contributed by atoms with Gasteiger partial charge in [-0.2, -0.15) is 5.92 Å². The van der Waals surface area contributed by atoms with E-state index in [1.165, 1.54) is 25.9 Å². The molecule has 0 amide bonds. The van der Waals surface area contributed by atoms with Gasteiger partial charge in [-0.25, -0.2) is 0 Å². The van der Waals surface area contributed by atoms with Gasteiger partial charge in [0.25, 0.3) is 0 Å². The van der Waals surface area contributed by atoms with Gasteiger partial charge in [-0.05, 0) is 20.1 Å². The Hall–Kier alpha value is 1.06. The molecule has 1 nitrogen and oxygen atoms in total. The van der Waals surface area contributed by atoms with Crippen molar-refractivity contribution in [1.82, 2.24) is 4.90 Å². The summed E-state index contributed by atoms with van der Waals surface area (Å²) in [6.07, 6.45) is 2.58. The van der Waals surface area contributed by atoms with Crippen LogP contribution in [0.15, 0.2) is 0 Å². The molecule has 2 heteroatoms. The van der Waals surface area contributed by atoms with Crippen molar-refractivity contribution in [2.45, 2.75) is 12.8 Å². The monoisotopic (exact) mass is 201 g/mol. The third-order valence-electron chi connectivity index (χ3n) is 1.84. The summed E-state index contributed by atoms with van der Waals surface area (Å²) in [5.74, 6) is 0.728. The molecule has 0 atom stereocenters. The van der Waals surface area contributed by atoms with E-state index in [1.807, 2.05) is 0 Å². The van der Waals surface area contributed by atoms with Crippen LogP contribution in [0.3, 0.4) is 0 Å². The molecule has 0 aromatic carbocycles. The number of likely N-dealkylation sites (tertiary alicyclic amines) is 1. The summed E-state index contributed by atoms with van der Waals surface area (Å²) in [7, 11) is 2.17. The first-order chi connectivity index (χ1) is 3.79. The van der Waals surface area contributed by atoms with Gasteiger partial charge < -0.3 is 11.8 Å². The Bertz CT molecular complexity index is 57.3. The smallest absolute Gasteiger partial charge is 0 e. The third-order valence-corrected chi connectivity index (χ3v) is 1.84. The number of rotatable bonds is 0. The maximum absolute atomic E-state index is 4.01. The Morgan fingerprint density at radius 3 is 2.11 bits per heavy atom. The van der Waals surface area contributed by atoms with Crippen LogP contribution in [-0.4, -0.2) is 25.0 Å². The van der Waals surface area contributed by atoms with E-state index in [-0.39, 0.29) is 32.7 Å². The standard InChI is InChI=1S/C7H14N.Y/c1-7-3-5-8(2)6-4-7;/h7H,1,3-6H2,2H3;/q-1;. The summed E-state index contributed by atoms with van der Waals surface area (Å²) in [4.78, 5) is 2.36. The minimum atomic E-state index is 0. The topological polar surface area (TPSA) is 3.24 Å². The zero-order valence-electron chi connectivity index (χ0n) is 6.14. The van der Waals surface area contributed by atoms with Crippen molar-refractivity contribution in [1.29, 1.82) is 0 Å². The first-order valence-corrected chi connectivity index (χ1v) is 3.30. The van der Waals surface area contributed by atoms with Gasteiger partial charge in [0.1, 0.15) is 0 Å². The van der Waals surface area contributed by atoms with Gasteiger partial charge in [0.05, 0.1) is 0 Å². The Balaban J connectivity index is 0.000000640. The zero-order valence-corrected chi connectivity index (χ0v) is 8.98. The van der Waals surface area contributed by atoms with E-state index in [9.17, 15) is 0 Å². The molecule has 0 bridgehead atoms. The number of hydrogen-bond acceptors (Lipinski definition) is 1. The molecule has 1 heterocycles. The molecule has 1 aliphatic heterocycles. The minimum absolute atomic E-state index is 0. The largest absolute Gasteiger partial charge is 0.340 e. The Morgan fingerprint density at radius 1 is 1.33 bits per heavy atom. The fraction of sp³-hybridized carbons (Fsp3) is 0.857. The van der Waals surface area contributed by atoms with Crippen LogP contribution in [0, 0.1) is 12.8 Å². The van der Waals surface area contributed by atoms with Crippen LogP contribution in [0.25, 0.3) is 0 Å². The summed E-state index contributed by atoms with van der Waals surface area (Å²) in [6.45, 7) is 6.49. The van der Waals surface area contributed by atoms with Gasteiger partial charge in [0.2, 0.25) is 0 Å². The molecule has 1 fully saturated rings. The molecule has 0 N–H and O–H groups in total. The summed E-state index contributed by atoms with van der Waals surface area (Å²) >= 11 is 0. The van der Waals surface area contributed by atoms with Gasteiger partial charge in [-0.3, -0.25) is 0 Å². The van der Waals surface area contributed by atoms with Gasteiger partial charge in [0, 0.05) is 32.7 Å². The number of nitrogens with zero attached hydrogens (tertiary/aromatic N) is 1. The van der Waals surface area contributed by atoms with Crippen LogP contribution in [-0.2, 0) is 32.7 Å². The van der Waals surface area contributed by atoms with Gasteiger partial charge in [0.15, 0.2) is 0 Å². The fourth-order valence-corrected chi connectivity index (χ4v) is 1.06. The molecule has 0 aromatic heterocycles. The molecule has 0 saturated carbocycles. The molecule has 0 spiro atoms. The maximum Gasteiger partial charge on any atom is 0 e. The van der Waals surface area contributed by atoms with Crippen molar-refractivity contribution >= 4 is 0 Å². The quantitative estimate of drug-likeness (QED) is 0.531. The normalized spacial score (nSPS) is 23.3. The van der Waals surface area contributed by atoms with E-state index < -0.39 is 0 Å². The first-order valence-electron chi connectivity index (χ1n) is 3.30. The van der Waals surface area contributed by atoms with Crippen molar-refractivity contribution in [3.63, 3.8) is 0 Å². The molecular weight excluding hydrogens is 187 g/mol. The van der Waals surface area contributed by atoms with E-state index in [4.69, 9.17) is 0 Å². The van der Waals surface area contributed by atoms with Crippen LogP contribution in [0.2, 0.25) is 0 Å². The second-order valence-electron chi connectivity index (χ2n) is 2.75. The molecule has 9 heavy (non-hydrogen) atoms. The van der Waals surface area contributed by atoms with Crippen molar-refractivity contribution in [2.24, 2.45) is 5.92 Å². The predicted octanol–water partition coefficient (Wildman–Crippen LogP) is 1.16. The predicted molar refractivity (Wildman–Crippen MR) is 35.6 cm³/mol. The Labute approximate surface area is 83.1 Å². The summed E-state index contributed by atoms with van der Waals surface area (Å²) < 4.78 is 0. The minimum Gasteiger partial charge on any atom is -0.340 e. The van der Waals surface area contributed by atoms with E-state index in [0.717, 1.165) is 5.92 Å². The van der Waals surface area contributed by atoms with Crippen LogP contribution < -0.4 is 0 Å². The van der Waals surface area contributed by atoms with Crippen molar-refractivity contribution in [2.75, 3.05) is 20.1 Å². The summed E-state index contributed by atoms with van der Waals surface area (Å²) in [6, 6.07) is 0. The van der Waals surface area contributed by atoms with Gasteiger partial charge in [-0.15, -0.1) is 0 Å². The van der Waals surface area contributed by atoms with Crippen LogP contribution in [0.5, 0.6) is 0 Å². The molecular formula is C7H14NY-. The average Bonchev–Trinajstić information content (AvgIpc) is 1.77. The molecule has 1 rings (SSSR count). The van der Waals surface area contributed by atoms with E-state index >= 15 is 0 Å². The van der Waals surface area contributed by atoms with Crippen molar-refractivity contribution < 1.29 is 32.7 Å². The second kappa shape index (κ2) is 4.81. The van der Waals surface area contributed by atoms with E-state index in [0.29, 0.717) is 0 Å². The molecule has 51 valence electrons. The molecule has 1 radical (unpaired) electrons. The maximum atomic E-state index is 4.01. The Kier molecular flexibility index (Phi) is 5.38. The number of piperidine rings is 1. The van der Waals surface area contributed by atoms with Crippen LogP contribution in [0.1, 0.15) is 12.8 Å². The third kappa shape index (κ3) is 3.69. The molecule has 0 unspecified atom stereocenters. The van der Waals surface area contributed by atoms with Crippen molar-refractivity contribution in [3.8, 4) is 0 Å². The Morgan fingerprint density at radius 2 is 1.78 bits per heavy atom. The summed E-state index contributed by atoms with van der Waals surface area (Å²) in [5, 5.41) is 0. The average molecular weight is 201 g/mol. The molecule has 1 saturated heterocycles. The van der Waals surface area contributed by atoms with Crippen molar-refractivity contribution in [3.05, 3.63) is 6.92 Å².